The predicted molar refractivity (Wildman–Crippen MR) is 85.3 cm³/mol. The SMILES string of the molecule is CC(NC(=O)c1cc(F)c(Cl)cc1Cl)c1nnc2ccccn12. The van der Waals surface area contributed by atoms with Crippen molar-refractivity contribution in [2.75, 3.05) is 0 Å². The van der Waals surface area contributed by atoms with E-state index in [2.05, 4.69) is 15.5 Å². The third-order valence-electron chi connectivity index (χ3n) is 3.33. The number of nitrogens with one attached hydrogen (secondary N) is 1. The zero-order valence-corrected chi connectivity index (χ0v) is 13.4. The summed E-state index contributed by atoms with van der Waals surface area (Å²) in [5, 5.41) is 10.7. The van der Waals surface area contributed by atoms with Gasteiger partial charge in [0.25, 0.3) is 5.91 Å². The molecule has 8 heteroatoms. The fraction of sp³-hybridized carbons (Fsp3) is 0.133. The molecule has 0 aliphatic rings. The van der Waals surface area contributed by atoms with Crippen LogP contribution >= 0.6 is 23.2 Å². The van der Waals surface area contributed by atoms with Gasteiger partial charge in [0.05, 0.1) is 21.7 Å². The standard InChI is InChI=1S/C15H11Cl2FN4O/c1-8(14-21-20-13-4-2-3-5-22(13)14)19-15(23)9-6-12(18)11(17)7-10(9)16/h2-8H,1H3,(H,19,23). The molecule has 1 atom stereocenters. The zero-order chi connectivity index (χ0) is 16.6. The van der Waals surface area contributed by atoms with Gasteiger partial charge < -0.3 is 5.32 Å². The Kier molecular flexibility index (Phi) is 4.19. The lowest BCUT2D eigenvalue weighted by Crippen LogP contribution is -2.28. The van der Waals surface area contributed by atoms with E-state index in [-0.39, 0.29) is 15.6 Å². The molecule has 118 valence electrons. The van der Waals surface area contributed by atoms with Gasteiger partial charge in [0.2, 0.25) is 0 Å². The summed E-state index contributed by atoms with van der Waals surface area (Å²) >= 11 is 11.6. The van der Waals surface area contributed by atoms with Crippen LogP contribution in [-0.2, 0) is 0 Å². The molecule has 1 aromatic carbocycles. The number of fused-ring (bicyclic) bond motifs is 1. The third-order valence-corrected chi connectivity index (χ3v) is 3.93. The van der Waals surface area contributed by atoms with Crippen molar-refractivity contribution in [1.29, 1.82) is 0 Å². The highest BCUT2D eigenvalue weighted by Crippen LogP contribution is 2.25. The zero-order valence-electron chi connectivity index (χ0n) is 11.9. The van der Waals surface area contributed by atoms with Crippen molar-refractivity contribution in [3.63, 3.8) is 0 Å². The molecule has 0 spiro atoms. The minimum atomic E-state index is -0.707. The minimum absolute atomic E-state index is 0.00855. The molecule has 5 nitrogen and oxygen atoms in total. The van der Waals surface area contributed by atoms with Crippen molar-refractivity contribution in [1.82, 2.24) is 19.9 Å². The van der Waals surface area contributed by atoms with Crippen molar-refractivity contribution >= 4 is 34.8 Å². The van der Waals surface area contributed by atoms with E-state index in [4.69, 9.17) is 23.2 Å². The highest BCUT2D eigenvalue weighted by molar-refractivity contribution is 6.36. The van der Waals surface area contributed by atoms with Gasteiger partial charge in [-0.1, -0.05) is 29.3 Å². The van der Waals surface area contributed by atoms with Crippen LogP contribution < -0.4 is 5.32 Å². The number of hydrogen-bond acceptors (Lipinski definition) is 3. The first-order chi connectivity index (χ1) is 11.0. The number of benzene rings is 1. The van der Waals surface area contributed by atoms with Crippen LogP contribution in [0.2, 0.25) is 10.0 Å². The highest BCUT2D eigenvalue weighted by Gasteiger charge is 2.19. The number of hydrogen-bond donors (Lipinski definition) is 1. The Labute approximate surface area is 141 Å². The molecule has 1 amide bonds. The largest absolute Gasteiger partial charge is 0.342 e. The van der Waals surface area contributed by atoms with E-state index in [9.17, 15) is 9.18 Å². The van der Waals surface area contributed by atoms with Gasteiger partial charge in [-0.05, 0) is 31.2 Å². The molecular formula is C15H11Cl2FN4O. The first-order valence-electron chi connectivity index (χ1n) is 6.72. The average molecular weight is 353 g/mol. The monoisotopic (exact) mass is 352 g/mol. The number of aromatic nitrogens is 3. The molecule has 2 heterocycles. The molecule has 0 radical (unpaired) electrons. The maximum atomic E-state index is 13.5. The van der Waals surface area contributed by atoms with Crippen molar-refractivity contribution in [3.05, 3.63) is 63.8 Å². The van der Waals surface area contributed by atoms with E-state index >= 15 is 0 Å². The predicted octanol–water partition coefficient (Wildman–Crippen LogP) is 3.67. The van der Waals surface area contributed by atoms with Gasteiger partial charge in [-0.2, -0.15) is 0 Å². The lowest BCUT2D eigenvalue weighted by Gasteiger charge is -2.13. The van der Waals surface area contributed by atoms with Crippen LogP contribution in [0.4, 0.5) is 4.39 Å². The molecule has 0 saturated heterocycles. The highest BCUT2D eigenvalue weighted by atomic mass is 35.5. The summed E-state index contributed by atoms with van der Waals surface area (Å²) in [5.41, 5.74) is 0.674. The summed E-state index contributed by atoms with van der Waals surface area (Å²) in [6.07, 6.45) is 1.79. The molecule has 0 aliphatic heterocycles. The van der Waals surface area contributed by atoms with E-state index in [1.54, 1.807) is 23.6 Å². The molecule has 1 N–H and O–H groups in total. The summed E-state index contributed by atoms with van der Waals surface area (Å²) in [4.78, 5) is 12.3. The van der Waals surface area contributed by atoms with Gasteiger partial charge in [0.1, 0.15) is 5.82 Å². The number of nitrogens with zero attached hydrogens (tertiary/aromatic N) is 3. The van der Waals surface area contributed by atoms with Gasteiger partial charge in [0.15, 0.2) is 11.5 Å². The number of carbonyl (C=O) groups is 1. The quantitative estimate of drug-likeness (QED) is 0.731. The normalized spacial score (nSPS) is 12.3. The number of rotatable bonds is 3. The third kappa shape index (κ3) is 3.00. The molecular weight excluding hydrogens is 342 g/mol. The van der Waals surface area contributed by atoms with Crippen LogP contribution in [0.1, 0.15) is 29.1 Å². The molecule has 23 heavy (non-hydrogen) atoms. The van der Waals surface area contributed by atoms with Crippen molar-refractivity contribution in [2.45, 2.75) is 13.0 Å². The Bertz CT molecular complexity index is 896. The fourth-order valence-corrected chi connectivity index (χ4v) is 2.66. The second kappa shape index (κ2) is 6.14. The van der Waals surface area contributed by atoms with E-state index in [1.807, 2.05) is 12.1 Å². The first-order valence-corrected chi connectivity index (χ1v) is 7.48. The van der Waals surface area contributed by atoms with E-state index in [0.717, 1.165) is 6.07 Å². The molecule has 3 aromatic rings. The van der Waals surface area contributed by atoms with E-state index in [0.29, 0.717) is 11.5 Å². The van der Waals surface area contributed by atoms with E-state index < -0.39 is 17.8 Å². The second-order valence-corrected chi connectivity index (χ2v) is 5.74. The number of amides is 1. The lowest BCUT2D eigenvalue weighted by molar-refractivity contribution is 0.0938. The van der Waals surface area contributed by atoms with Crippen LogP contribution in [0.15, 0.2) is 36.5 Å². The Hall–Kier alpha value is -2.18. The Morgan fingerprint density at radius 1 is 1.26 bits per heavy atom. The van der Waals surface area contributed by atoms with Gasteiger partial charge in [-0.15, -0.1) is 10.2 Å². The average Bonchev–Trinajstić information content (AvgIpc) is 2.94. The number of pyridine rings is 1. The molecule has 1 unspecified atom stereocenters. The Balaban J connectivity index is 1.87. The molecule has 0 saturated carbocycles. The number of carbonyl (C=O) groups excluding carboxylic acids is 1. The summed E-state index contributed by atoms with van der Waals surface area (Å²) in [6, 6.07) is 7.23. The summed E-state index contributed by atoms with van der Waals surface area (Å²) in [6.45, 7) is 1.75. The molecule has 2 aromatic heterocycles. The summed E-state index contributed by atoms with van der Waals surface area (Å²) in [5.74, 6) is -0.674. The summed E-state index contributed by atoms with van der Waals surface area (Å²) < 4.78 is 15.3. The molecule has 0 fully saturated rings. The molecule has 3 rings (SSSR count). The lowest BCUT2D eigenvalue weighted by atomic mass is 10.2. The van der Waals surface area contributed by atoms with Crippen molar-refractivity contribution in [3.8, 4) is 0 Å². The maximum Gasteiger partial charge on any atom is 0.253 e. The van der Waals surface area contributed by atoms with Gasteiger partial charge in [0, 0.05) is 6.20 Å². The van der Waals surface area contributed by atoms with E-state index in [1.165, 1.54) is 6.07 Å². The van der Waals surface area contributed by atoms with Crippen molar-refractivity contribution in [2.24, 2.45) is 0 Å². The van der Waals surface area contributed by atoms with Crippen LogP contribution in [0.3, 0.4) is 0 Å². The van der Waals surface area contributed by atoms with Crippen LogP contribution in [0.5, 0.6) is 0 Å². The van der Waals surface area contributed by atoms with Gasteiger partial charge in [-0.25, -0.2) is 4.39 Å². The van der Waals surface area contributed by atoms with Gasteiger partial charge >= 0.3 is 0 Å². The minimum Gasteiger partial charge on any atom is -0.342 e. The smallest absolute Gasteiger partial charge is 0.253 e. The van der Waals surface area contributed by atoms with Crippen LogP contribution in [0.25, 0.3) is 5.65 Å². The first kappa shape index (κ1) is 15.7. The topological polar surface area (TPSA) is 59.3 Å². The Morgan fingerprint density at radius 3 is 2.83 bits per heavy atom. The molecule has 0 aliphatic carbocycles. The Morgan fingerprint density at radius 2 is 2.04 bits per heavy atom. The summed E-state index contributed by atoms with van der Waals surface area (Å²) in [7, 11) is 0. The van der Waals surface area contributed by atoms with Crippen molar-refractivity contribution < 1.29 is 9.18 Å². The maximum absolute atomic E-state index is 13.5. The van der Waals surface area contributed by atoms with Gasteiger partial charge in [-0.3, -0.25) is 9.20 Å². The second-order valence-electron chi connectivity index (χ2n) is 4.93. The van der Waals surface area contributed by atoms with Crippen LogP contribution in [-0.4, -0.2) is 20.5 Å². The number of halogens is 3. The van der Waals surface area contributed by atoms with Crippen LogP contribution in [0, 0.1) is 5.82 Å². The molecule has 0 bridgehead atoms. The fourth-order valence-electron chi connectivity index (χ4n) is 2.19.